The second kappa shape index (κ2) is 7.51. The lowest BCUT2D eigenvalue weighted by molar-refractivity contribution is 0.335. The van der Waals surface area contributed by atoms with Crippen LogP contribution in [0.25, 0.3) is 0 Å². The quantitative estimate of drug-likeness (QED) is 0.863. The number of aromatic nitrogens is 2. The number of ether oxygens (including phenoxy) is 1. The number of nitrogens with zero attached hydrogens (tertiary/aromatic N) is 2. The van der Waals surface area contributed by atoms with Gasteiger partial charge in [0.1, 0.15) is 5.69 Å². The van der Waals surface area contributed by atoms with Crippen molar-refractivity contribution in [3.05, 3.63) is 18.1 Å². The van der Waals surface area contributed by atoms with E-state index in [2.05, 4.69) is 15.3 Å². The summed E-state index contributed by atoms with van der Waals surface area (Å²) >= 11 is 0. The van der Waals surface area contributed by atoms with Crippen molar-refractivity contribution >= 4 is 12.4 Å². The van der Waals surface area contributed by atoms with Gasteiger partial charge in [0.15, 0.2) is 0 Å². The summed E-state index contributed by atoms with van der Waals surface area (Å²) in [7, 11) is 1.62. The fourth-order valence-corrected chi connectivity index (χ4v) is 2.21. The average Bonchev–Trinajstić information content (AvgIpc) is 2.38. The number of hydrogen-bond donors (Lipinski definition) is 2. The molecule has 3 N–H and O–H groups in total. The van der Waals surface area contributed by atoms with Crippen molar-refractivity contribution in [3.63, 3.8) is 0 Å². The van der Waals surface area contributed by atoms with E-state index in [4.69, 9.17) is 10.5 Å². The highest BCUT2D eigenvalue weighted by Crippen LogP contribution is 2.18. The molecule has 5 nitrogen and oxygen atoms in total. The molecule has 1 aliphatic rings. The van der Waals surface area contributed by atoms with Crippen molar-refractivity contribution < 1.29 is 4.74 Å². The maximum atomic E-state index is 5.88. The second-order valence-electron chi connectivity index (χ2n) is 4.50. The fraction of sp³-hybridized carbons (Fsp3) is 0.667. The zero-order chi connectivity index (χ0) is 12.1. The minimum atomic E-state index is 0. The SMILES string of the molecule is COc1nccnc1CNC1CCC(N)CC1.Cl. The lowest BCUT2D eigenvalue weighted by atomic mass is 9.92. The van der Waals surface area contributed by atoms with Gasteiger partial charge in [-0.15, -0.1) is 12.4 Å². The van der Waals surface area contributed by atoms with Crippen LogP contribution in [0, 0.1) is 0 Å². The zero-order valence-corrected chi connectivity index (χ0v) is 11.4. The highest BCUT2D eigenvalue weighted by molar-refractivity contribution is 5.85. The van der Waals surface area contributed by atoms with Gasteiger partial charge in [-0.1, -0.05) is 0 Å². The van der Waals surface area contributed by atoms with Crippen molar-refractivity contribution in [2.75, 3.05) is 7.11 Å². The minimum Gasteiger partial charge on any atom is -0.480 e. The van der Waals surface area contributed by atoms with Crippen molar-refractivity contribution in [1.82, 2.24) is 15.3 Å². The molecule has 0 saturated heterocycles. The molecule has 0 spiro atoms. The first kappa shape index (κ1) is 15.1. The van der Waals surface area contributed by atoms with E-state index >= 15 is 0 Å². The van der Waals surface area contributed by atoms with Crippen LogP contribution >= 0.6 is 12.4 Å². The van der Waals surface area contributed by atoms with Crippen molar-refractivity contribution in [1.29, 1.82) is 0 Å². The van der Waals surface area contributed by atoms with E-state index in [9.17, 15) is 0 Å². The lowest BCUT2D eigenvalue weighted by Crippen LogP contribution is -2.37. The third kappa shape index (κ3) is 4.08. The van der Waals surface area contributed by atoms with Gasteiger partial charge in [0.05, 0.1) is 7.11 Å². The highest BCUT2D eigenvalue weighted by Gasteiger charge is 2.18. The van der Waals surface area contributed by atoms with Gasteiger partial charge in [-0.2, -0.15) is 0 Å². The summed E-state index contributed by atoms with van der Waals surface area (Å²) in [5.74, 6) is 0.604. The summed E-state index contributed by atoms with van der Waals surface area (Å²) < 4.78 is 5.17. The number of hydrogen-bond acceptors (Lipinski definition) is 5. The Balaban J connectivity index is 0.00000162. The molecule has 0 aliphatic heterocycles. The van der Waals surface area contributed by atoms with Crippen LogP contribution in [0.1, 0.15) is 31.4 Å². The average molecular weight is 273 g/mol. The van der Waals surface area contributed by atoms with E-state index in [0.29, 0.717) is 24.5 Å². The Morgan fingerprint density at radius 3 is 2.61 bits per heavy atom. The first-order chi connectivity index (χ1) is 8.29. The highest BCUT2D eigenvalue weighted by atomic mass is 35.5. The smallest absolute Gasteiger partial charge is 0.236 e. The maximum absolute atomic E-state index is 5.88. The van der Waals surface area contributed by atoms with Crippen molar-refractivity contribution in [2.45, 2.75) is 44.3 Å². The van der Waals surface area contributed by atoms with Crippen LogP contribution < -0.4 is 15.8 Å². The molecular formula is C12H21ClN4O. The molecular weight excluding hydrogens is 252 g/mol. The van der Waals surface area contributed by atoms with Crippen molar-refractivity contribution in [2.24, 2.45) is 5.73 Å². The maximum Gasteiger partial charge on any atom is 0.236 e. The standard InChI is InChI=1S/C12H20N4O.ClH/c1-17-12-11(14-6-7-15-12)8-16-10-4-2-9(13)3-5-10;/h6-7,9-10,16H,2-5,8,13H2,1H3;1H. The number of nitrogens with two attached hydrogens (primary N) is 1. The third-order valence-electron chi connectivity index (χ3n) is 3.26. The number of rotatable bonds is 4. The largest absolute Gasteiger partial charge is 0.480 e. The molecule has 1 aromatic heterocycles. The molecule has 1 saturated carbocycles. The second-order valence-corrected chi connectivity index (χ2v) is 4.50. The van der Waals surface area contributed by atoms with E-state index in [1.54, 1.807) is 19.5 Å². The van der Waals surface area contributed by atoms with Crippen LogP contribution in [-0.4, -0.2) is 29.2 Å². The first-order valence-corrected chi connectivity index (χ1v) is 6.12. The molecule has 2 rings (SSSR count). The number of nitrogens with one attached hydrogen (secondary N) is 1. The monoisotopic (exact) mass is 272 g/mol. The van der Waals surface area contributed by atoms with E-state index in [1.165, 1.54) is 0 Å². The normalized spacial score (nSPS) is 23.2. The minimum absolute atomic E-state index is 0. The Kier molecular flexibility index (Phi) is 6.32. The molecule has 0 bridgehead atoms. The summed E-state index contributed by atoms with van der Waals surface area (Å²) in [6, 6.07) is 0.931. The van der Waals surface area contributed by atoms with Gasteiger partial charge < -0.3 is 15.8 Å². The first-order valence-electron chi connectivity index (χ1n) is 6.12. The van der Waals surface area contributed by atoms with Crippen LogP contribution in [0.4, 0.5) is 0 Å². The molecule has 0 radical (unpaired) electrons. The van der Waals surface area contributed by atoms with Crippen LogP contribution in [-0.2, 0) is 6.54 Å². The van der Waals surface area contributed by atoms with Crippen LogP contribution in [0.5, 0.6) is 5.88 Å². The Morgan fingerprint density at radius 1 is 1.28 bits per heavy atom. The van der Waals surface area contributed by atoms with E-state index in [-0.39, 0.29) is 12.4 Å². The Bertz CT molecular complexity index is 356. The summed E-state index contributed by atoms with van der Waals surface area (Å²) in [6.07, 6.45) is 7.83. The Morgan fingerprint density at radius 2 is 1.94 bits per heavy atom. The Hall–Kier alpha value is -0.910. The van der Waals surface area contributed by atoms with Crippen molar-refractivity contribution in [3.8, 4) is 5.88 Å². The predicted octanol–water partition coefficient (Wildman–Crippen LogP) is 1.27. The molecule has 0 atom stereocenters. The zero-order valence-electron chi connectivity index (χ0n) is 10.6. The van der Waals surface area contributed by atoms with E-state index in [0.717, 1.165) is 31.4 Å². The molecule has 0 unspecified atom stereocenters. The molecule has 1 heterocycles. The third-order valence-corrected chi connectivity index (χ3v) is 3.26. The van der Waals surface area contributed by atoms with E-state index in [1.807, 2.05) is 0 Å². The van der Waals surface area contributed by atoms with Gasteiger partial charge in [0.25, 0.3) is 0 Å². The van der Waals surface area contributed by atoms with Crippen LogP contribution in [0.15, 0.2) is 12.4 Å². The van der Waals surface area contributed by atoms with Gasteiger partial charge in [-0.3, -0.25) is 4.98 Å². The number of halogens is 1. The summed E-state index contributed by atoms with van der Waals surface area (Å²) in [5, 5.41) is 3.50. The van der Waals surface area contributed by atoms with Gasteiger partial charge in [0.2, 0.25) is 5.88 Å². The molecule has 1 aromatic rings. The predicted molar refractivity (Wildman–Crippen MR) is 72.9 cm³/mol. The van der Waals surface area contributed by atoms with Crippen LogP contribution in [0.3, 0.4) is 0 Å². The number of methoxy groups -OCH3 is 1. The molecule has 0 amide bonds. The lowest BCUT2D eigenvalue weighted by Gasteiger charge is -2.26. The summed E-state index contributed by atoms with van der Waals surface area (Å²) in [4.78, 5) is 8.40. The van der Waals surface area contributed by atoms with Gasteiger partial charge in [-0.25, -0.2) is 4.98 Å². The molecule has 102 valence electrons. The summed E-state index contributed by atoms with van der Waals surface area (Å²) in [5.41, 5.74) is 6.75. The van der Waals surface area contributed by atoms with Gasteiger partial charge in [0, 0.05) is 31.0 Å². The molecule has 0 aromatic carbocycles. The van der Waals surface area contributed by atoms with E-state index < -0.39 is 0 Å². The molecule has 1 fully saturated rings. The molecule has 6 heteroatoms. The Labute approximate surface area is 114 Å². The van der Waals surface area contributed by atoms with Gasteiger partial charge >= 0.3 is 0 Å². The molecule has 18 heavy (non-hydrogen) atoms. The summed E-state index contributed by atoms with van der Waals surface area (Å²) in [6.45, 7) is 0.705. The topological polar surface area (TPSA) is 73.1 Å². The fourth-order valence-electron chi connectivity index (χ4n) is 2.21. The van der Waals surface area contributed by atoms with Gasteiger partial charge in [-0.05, 0) is 25.7 Å². The molecule has 1 aliphatic carbocycles. The van der Waals surface area contributed by atoms with Crippen LogP contribution in [0.2, 0.25) is 0 Å².